The molecule has 1 saturated heterocycles. The van der Waals surface area contributed by atoms with Crippen LogP contribution in [0.4, 0.5) is 5.82 Å². The Bertz CT molecular complexity index is 985. The van der Waals surface area contributed by atoms with Crippen LogP contribution in [-0.4, -0.2) is 46.4 Å². The molecule has 0 aliphatic carbocycles. The van der Waals surface area contributed by atoms with Gasteiger partial charge in [0.15, 0.2) is 5.82 Å². The van der Waals surface area contributed by atoms with Crippen LogP contribution in [0.1, 0.15) is 24.0 Å². The molecule has 0 bridgehead atoms. The monoisotopic (exact) mass is 362 g/mol. The Hall–Kier alpha value is -2.66. The maximum absolute atomic E-state index is 10.5. The van der Waals surface area contributed by atoms with Gasteiger partial charge in [0, 0.05) is 28.9 Å². The molecular weight excluding hydrogens is 336 g/mol. The van der Waals surface area contributed by atoms with Crippen molar-refractivity contribution in [2.24, 2.45) is 0 Å². The quantitative estimate of drug-likeness (QED) is 0.734. The lowest BCUT2D eigenvalue weighted by molar-refractivity contribution is 0.261. The van der Waals surface area contributed by atoms with Crippen LogP contribution >= 0.6 is 0 Å². The van der Waals surface area contributed by atoms with Gasteiger partial charge in [-0.2, -0.15) is 0 Å². The highest BCUT2D eigenvalue weighted by Crippen LogP contribution is 2.36. The van der Waals surface area contributed by atoms with Crippen molar-refractivity contribution in [2.45, 2.75) is 32.7 Å². The number of rotatable bonds is 3. The van der Waals surface area contributed by atoms with Crippen LogP contribution in [0.25, 0.3) is 22.0 Å². The lowest BCUT2D eigenvalue weighted by Crippen LogP contribution is -2.40. The highest BCUT2D eigenvalue weighted by atomic mass is 16.3. The maximum Gasteiger partial charge on any atom is 0.156 e. The lowest BCUT2D eigenvalue weighted by atomic mass is 9.99. The van der Waals surface area contributed by atoms with Crippen LogP contribution in [0.5, 0.6) is 5.75 Å². The van der Waals surface area contributed by atoms with Crippen molar-refractivity contribution in [3.05, 3.63) is 47.5 Å². The average molecular weight is 362 g/mol. The molecular formula is C22H26N4O. The molecule has 3 aromatic rings. The summed E-state index contributed by atoms with van der Waals surface area (Å²) < 4.78 is 0. The van der Waals surface area contributed by atoms with E-state index in [0.717, 1.165) is 58.5 Å². The van der Waals surface area contributed by atoms with E-state index in [4.69, 9.17) is 0 Å². The van der Waals surface area contributed by atoms with Crippen molar-refractivity contribution in [2.75, 3.05) is 25.5 Å². The lowest BCUT2D eigenvalue weighted by Gasteiger charge is -2.30. The van der Waals surface area contributed by atoms with Crippen LogP contribution in [0, 0.1) is 13.8 Å². The second kappa shape index (κ2) is 7.16. The first-order valence-electron chi connectivity index (χ1n) is 9.54. The van der Waals surface area contributed by atoms with Gasteiger partial charge in [0.25, 0.3) is 0 Å². The molecule has 1 fully saturated rings. The maximum atomic E-state index is 10.5. The van der Waals surface area contributed by atoms with Crippen LogP contribution in [-0.2, 0) is 0 Å². The zero-order valence-electron chi connectivity index (χ0n) is 16.2. The Morgan fingerprint density at radius 1 is 1.07 bits per heavy atom. The van der Waals surface area contributed by atoms with Gasteiger partial charge < -0.3 is 15.3 Å². The Labute approximate surface area is 160 Å². The topological polar surface area (TPSA) is 61.3 Å². The predicted molar refractivity (Wildman–Crippen MR) is 110 cm³/mol. The molecule has 0 spiro atoms. The summed E-state index contributed by atoms with van der Waals surface area (Å²) in [6.07, 6.45) is 2.33. The first-order valence-corrected chi connectivity index (χ1v) is 9.54. The van der Waals surface area contributed by atoms with E-state index in [1.54, 1.807) is 6.07 Å². The van der Waals surface area contributed by atoms with E-state index in [0.29, 0.717) is 6.04 Å². The molecule has 1 aliphatic rings. The van der Waals surface area contributed by atoms with Gasteiger partial charge in [-0.1, -0.05) is 24.3 Å². The number of aryl methyl sites for hydroxylation is 2. The second-order valence-electron chi connectivity index (χ2n) is 7.64. The van der Waals surface area contributed by atoms with Gasteiger partial charge >= 0.3 is 0 Å². The van der Waals surface area contributed by atoms with Gasteiger partial charge in [-0.3, -0.25) is 0 Å². The van der Waals surface area contributed by atoms with E-state index >= 15 is 0 Å². The van der Waals surface area contributed by atoms with Crippen molar-refractivity contribution in [1.29, 1.82) is 0 Å². The molecule has 4 rings (SSSR count). The van der Waals surface area contributed by atoms with E-state index in [2.05, 4.69) is 33.5 Å². The number of benzene rings is 2. The SMILES string of the molecule is Cc1cc(O)c(-c2nnc(N[C@@H]3CCCN(C)C3)c3ccccc23)cc1C. The number of likely N-dealkylation sites (N-methyl/N-ethyl adjacent to an activating group) is 1. The number of hydrogen-bond acceptors (Lipinski definition) is 5. The Morgan fingerprint density at radius 2 is 1.81 bits per heavy atom. The number of hydrogen-bond donors (Lipinski definition) is 2. The fourth-order valence-corrected chi connectivity index (χ4v) is 3.88. The summed E-state index contributed by atoms with van der Waals surface area (Å²) in [5.41, 5.74) is 3.64. The molecule has 27 heavy (non-hydrogen) atoms. The van der Waals surface area contributed by atoms with E-state index in [1.165, 1.54) is 6.42 Å². The van der Waals surface area contributed by atoms with Crippen molar-refractivity contribution in [3.63, 3.8) is 0 Å². The fourth-order valence-electron chi connectivity index (χ4n) is 3.88. The minimum Gasteiger partial charge on any atom is -0.507 e. The molecule has 1 aromatic heterocycles. The van der Waals surface area contributed by atoms with Gasteiger partial charge in [-0.05, 0) is 63.5 Å². The number of phenolic OH excluding ortho intramolecular Hbond substituents is 1. The van der Waals surface area contributed by atoms with Crippen LogP contribution in [0.3, 0.4) is 0 Å². The van der Waals surface area contributed by atoms with Crippen LogP contribution in [0.15, 0.2) is 36.4 Å². The fraction of sp³-hybridized carbons (Fsp3) is 0.364. The number of fused-ring (bicyclic) bond motifs is 1. The van der Waals surface area contributed by atoms with E-state index in [-0.39, 0.29) is 5.75 Å². The average Bonchev–Trinajstić information content (AvgIpc) is 2.65. The van der Waals surface area contributed by atoms with Gasteiger partial charge in [0.2, 0.25) is 0 Å². The minimum absolute atomic E-state index is 0.243. The molecule has 0 amide bonds. The van der Waals surface area contributed by atoms with Gasteiger partial charge in [0.1, 0.15) is 11.4 Å². The molecule has 2 N–H and O–H groups in total. The molecule has 140 valence electrons. The normalized spacial score (nSPS) is 18.0. The number of aromatic hydroxyl groups is 1. The van der Waals surface area contributed by atoms with Crippen molar-refractivity contribution >= 4 is 16.6 Å². The summed E-state index contributed by atoms with van der Waals surface area (Å²) in [5, 5.41) is 25.1. The third-order valence-electron chi connectivity index (χ3n) is 5.52. The van der Waals surface area contributed by atoms with Gasteiger partial charge in [-0.15, -0.1) is 10.2 Å². The van der Waals surface area contributed by atoms with E-state index in [1.807, 2.05) is 38.1 Å². The smallest absolute Gasteiger partial charge is 0.156 e. The molecule has 0 radical (unpaired) electrons. The van der Waals surface area contributed by atoms with E-state index in [9.17, 15) is 5.11 Å². The summed E-state index contributed by atoms with van der Waals surface area (Å²) >= 11 is 0. The summed E-state index contributed by atoms with van der Waals surface area (Å²) in [7, 11) is 2.16. The van der Waals surface area contributed by atoms with Crippen LogP contribution < -0.4 is 5.32 Å². The number of aromatic nitrogens is 2. The Balaban J connectivity index is 1.78. The molecule has 1 aliphatic heterocycles. The first-order chi connectivity index (χ1) is 13.0. The highest BCUT2D eigenvalue weighted by molar-refractivity contribution is 6.01. The standard InChI is InChI=1S/C22H26N4O/c1-14-11-19(20(27)12-15(14)2)21-17-8-4-5-9-18(17)22(25-24-21)23-16-7-6-10-26(3)13-16/h4-5,8-9,11-12,16,27H,6-7,10,13H2,1-3H3,(H,23,25)/t16-/m1/s1. The molecule has 5 heteroatoms. The minimum atomic E-state index is 0.243. The summed E-state index contributed by atoms with van der Waals surface area (Å²) in [5.74, 6) is 1.06. The predicted octanol–water partition coefficient (Wildman–Crippen LogP) is 4.13. The zero-order chi connectivity index (χ0) is 19.0. The number of nitrogens with zero attached hydrogens (tertiary/aromatic N) is 3. The molecule has 1 atom stereocenters. The van der Waals surface area contributed by atoms with E-state index < -0.39 is 0 Å². The summed E-state index contributed by atoms with van der Waals surface area (Å²) in [6.45, 7) is 6.20. The van der Waals surface area contributed by atoms with Crippen molar-refractivity contribution < 1.29 is 5.11 Å². The number of likely N-dealkylation sites (tertiary alicyclic amines) is 1. The summed E-state index contributed by atoms with van der Waals surface area (Å²) in [6, 6.07) is 12.3. The van der Waals surface area contributed by atoms with Gasteiger partial charge in [-0.25, -0.2) is 0 Å². The zero-order valence-corrected chi connectivity index (χ0v) is 16.2. The third-order valence-corrected chi connectivity index (χ3v) is 5.52. The van der Waals surface area contributed by atoms with Crippen molar-refractivity contribution in [3.8, 4) is 17.0 Å². The molecule has 2 heterocycles. The van der Waals surface area contributed by atoms with Crippen molar-refractivity contribution in [1.82, 2.24) is 15.1 Å². The third kappa shape index (κ3) is 3.47. The first kappa shape index (κ1) is 17.7. The Kier molecular flexibility index (Phi) is 4.70. The number of piperidine rings is 1. The van der Waals surface area contributed by atoms with Crippen LogP contribution in [0.2, 0.25) is 0 Å². The van der Waals surface area contributed by atoms with Gasteiger partial charge in [0.05, 0.1) is 0 Å². The molecule has 0 unspecified atom stereocenters. The highest BCUT2D eigenvalue weighted by Gasteiger charge is 2.20. The molecule has 5 nitrogen and oxygen atoms in total. The Morgan fingerprint density at radius 3 is 2.59 bits per heavy atom. The number of phenols is 1. The second-order valence-corrected chi connectivity index (χ2v) is 7.64. The number of nitrogens with one attached hydrogen (secondary N) is 1. The largest absolute Gasteiger partial charge is 0.507 e. The number of anilines is 1. The molecule has 2 aromatic carbocycles. The molecule has 0 saturated carbocycles. The summed E-state index contributed by atoms with van der Waals surface area (Å²) in [4.78, 5) is 2.35.